The van der Waals surface area contributed by atoms with E-state index in [1.807, 2.05) is 6.08 Å². The lowest BCUT2D eigenvalue weighted by atomic mass is 10.1. The average Bonchev–Trinajstić information content (AvgIpc) is 3.40. The summed E-state index contributed by atoms with van der Waals surface area (Å²) in [6, 6.07) is 0. The first kappa shape index (κ1) is 68.7. The molecule has 0 aliphatic heterocycles. The first-order valence-electron chi connectivity index (χ1n) is 29.0. The number of allylic oxidation sites excluding steroid dienone is 32. The second kappa shape index (κ2) is 62.0. The fourth-order valence-corrected chi connectivity index (χ4v) is 6.94. The van der Waals surface area contributed by atoms with Gasteiger partial charge in [0.05, 0.1) is 6.61 Å². The molecule has 0 saturated carbocycles. The summed E-state index contributed by atoms with van der Waals surface area (Å²) in [5.74, 6) is -0.564. The van der Waals surface area contributed by atoms with Crippen molar-refractivity contribution in [2.24, 2.45) is 0 Å². The van der Waals surface area contributed by atoms with E-state index in [2.05, 4.69) is 209 Å². The van der Waals surface area contributed by atoms with Gasteiger partial charge in [0.15, 0.2) is 6.10 Å². The van der Waals surface area contributed by atoms with Crippen LogP contribution in [0.5, 0.6) is 0 Å². The number of hydrogen-bond acceptors (Lipinski definition) is 5. The molecule has 1 atom stereocenters. The summed E-state index contributed by atoms with van der Waals surface area (Å²) in [7, 11) is 0. The number of rotatable bonds is 50. The van der Waals surface area contributed by atoms with Gasteiger partial charge in [0.25, 0.3) is 0 Å². The molecule has 0 heterocycles. The number of ether oxygens (including phenoxy) is 3. The third-order valence-corrected chi connectivity index (χ3v) is 11.1. The first-order chi connectivity index (χ1) is 36.6. The zero-order chi connectivity index (χ0) is 53.4. The molecule has 74 heavy (non-hydrogen) atoms. The summed E-state index contributed by atoms with van der Waals surface area (Å²) in [4.78, 5) is 25.5. The Kier molecular flexibility index (Phi) is 57.6. The number of esters is 2. The highest BCUT2D eigenvalue weighted by atomic mass is 16.6. The molecule has 0 N–H and O–H groups in total. The minimum atomic E-state index is -0.617. The van der Waals surface area contributed by atoms with E-state index in [9.17, 15) is 9.59 Å². The molecule has 0 bridgehead atoms. The zero-order valence-corrected chi connectivity index (χ0v) is 47.0. The molecule has 0 aromatic carbocycles. The van der Waals surface area contributed by atoms with Crippen molar-refractivity contribution in [1.82, 2.24) is 0 Å². The molecule has 410 valence electrons. The van der Waals surface area contributed by atoms with Crippen LogP contribution in [-0.2, 0) is 23.8 Å². The van der Waals surface area contributed by atoms with Gasteiger partial charge in [-0.1, -0.05) is 234 Å². The SMILES string of the molecule is CC/C=C\C/C=C\C/C=C\C/C=C\C/C=C\C/C=C\CCC(=O)OCC(COCCCCCC/C=C\C/C=C\C/C=C\C/C=C\C/C=C\CC)OC(=O)CCCCC/C=C\C/C=C\C/C=C\C/C=C\C/C=C\CC. The van der Waals surface area contributed by atoms with Gasteiger partial charge in [-0.05, 0) is 148 Å². The Bertz CT molecular complexity index is 1760. The predicted molar refractivity (Wildman–Crippen MR) is 324 cm³/mol. The van der Waals surface area contributed by atoms with Gasteiger partial charge in [0, 0.05) is 19.4 Å². The van der Waals surface area contributed by atoms with Crippen LogP contribution in [0.4, 0.5) is 0 Å². The lowest BCUT2D eigenvalue weighted by Gasteiger charge is -2.18. The van der Waals surface area contributed by atoms with E-state index in [4.69, 9.17) is 14.2 Å². The Hall–Kier alpha value is -5.26. The van der Waals surface area contributed by atoms with Gasteiger partial charge in [-0.2, -0.15) is 0 Å². The quantitative estimate of drug-likeness (QED) is 0.0345. The summed E-state index contributed by atoms with van der Waals surface area (Å²) in [6.45, 7) is 7.28. The Balaban J connectivity index is 4.57. The summed E-state index contributed by atoms with van der Waals surface area (Å²) >= 11 is 0. The summed E-state index contributed by atoms with van der Waals surface area (Å²) in [5.41, 5.74) is 0. The van der Waals surface area contributed by atoms with Crippen molar-refractivity contribution in [2.75, 3.05) is 19.8 Å². The molecule has 0 aromatic rings. The third-order valence-electron chi connectivity index (χ3n) is 11.1. The van der Waals surface area contributed by atoms with E-state index in [-0.39, 0.29) is 31.6 Å². The van der Waals surface area contributed by atoms with Crippen molar-refractivity contribution in [1.29, 1.82) is 0 Å². The van der Waals surface area contributed by atoms with Crippen LogP contribution in [0.2, 0.25) is 0 Å². The third kappa shape index (κ3) is 59.3. The maximum atomic E-state index is 12.9. The van der Waals surface area contributed by atoms with Crippen LogP contribution < -0.4 is 0 Å². The predicted octanol–water partition coefficient (Wildman–Crippen LogP) is 20.3. The van der Waals surface area contributed by atoms with Gasteiger partial charge in [-0.25, -0.2) is 0 Å². The standard InChI is InChI=1S/C69H104O5/c1-4-7-10-13-16-19-22-25-28-31-34-37-40-43-46-49-52-55-58-61-64-72-65-67(74-69(71)63-60-57-54-51-48-45-42-39-36-33-30-27-24-21-18-15-12-9-6-3)66-73-68(70)62-59-56-53-50-47-44-41-38-35-32-29-26-23-20-17-14-11-8-5-2/h7-12,16-21,25-30,34-39,43-48,53,56,67H,4-6,13-15,22-24,31-33,40-42,49-52,54-55,57-66H2,1-3H3/b10-7-,11-8-,12-9-,19-16-,20-17-,21-18-,28-25-,29-26-,30-27-,37-34-,38-35-,39-36-,46-43-,47-44-,48-45-,56-53-. The van der Waals surface area contributed by atoms with Gasteiger partial charge < -0.3 is 14.2 Å². The van der Waals surface area contributed by atoms with Crippen LogP contribution in [0.3, 0.4) is 0 Å². The Morgan fingerprint density at radius 1 is 0.297 bits per heavy atom. The molecule has 5 nitrogen and oxygen atoms in total. The molecular weight excluding hydrogens is 909 g/mol. The van der Waals surface area contributed by atoms with Crippen molar-refractivity contribution >= 4 is 11.9 Å². The highest BCUT2D eigenvalue weighted by Crippen LogP contribution is 2.10. The molecule has 0 aliphatic carbocycles. The Morgan fingerprint density at radius 2 is 0.595 bits per heavy atom. The minimum Gasteiger partial charge on any atom is -0.462 e. The molecule has 0 saturated heterocycles. The molecule has 1 unspecified atom stereocenters. The monoisotopic (exact) mass is 1010 g/mol. The van der Waals surface area contributed by atoms with Crippen molar-refractivity contribution in [3.05, 3.63) is 194 Å². The summed E-state index contributed by atoms with van der Waals surface area (Å²) in [6.07, 6.45) is 96.1. The van der Waals surface area contributed by atoms with Crippen LogP contribution in [0.25, 0.3) is 0 Å². The highest BCUT2D eigenvalue weighted by molar-refractivity contribution is 5.70. The topological polar surface area (TPSA) is 61.8 Å². The fraction of sp³-hybridized carbons (Fsp3) is 0.507. The van der Waals surface area contributed by atoms with Gasteiger partial charge >= 0.3 is 11.9 Å². The zero-order valence-electron chi connectivity index (χ0n) is 47.0. The lowest BCUT2D eigenvalue weighted by Crippen LogP contribution is -2.30. The smallest absolute Gasteiger partial charge is 0.306 e. The largest absolute Gasteiger partial charge is 0.462 e. The van der Waals surface area contributed by atoms with Crippen LogP contribution in [0.15, 0.2) is 194 Å². The second-order valence-electron chi connectivity index (χ2n) is 18.0. The number of hydrogen-bond donors (Lipinski definition) is 0. The van der Waals surface area contributed by atoms with Gasteiger partial charge in [-0.3, -0.25) is 9.59 Å². The van der Waals surface area contributed by atoms with Crippen LogP contribution >= 0.6 is 0 Å². The minimum absolute atomic E-state index is 0.00560. The first-order valence-corrected chi connectivity index (χ1v) is 29.0. The number of unbranched alkanes of at least 4 members (excludes halogenated alkanes) is 7. The molecule has 0 radical (unpaired) electrons. The normalized spacial score (nSPS) is 13.7. The maximum Gasteiger partial charge on any atom is 0.306 e. The number of carbonyl (C=O) groups is 2. The fourth-order valence-electron chi connectivity index (χ4n) is 6.94. The van der Waals surface area contributed by atoms with Crippen LogP contribution in [-0.4, -0.2) is 37.9 Å². The molecule has 0 aliphatic rings. The maximum absolute atomic E-state index is 12.9. The van der Waals surface area contributed by atoms with Crippen LogP contribution in [0, 0.1) is 0 Å². The summed E-state index contributed by atoms with van der Waals surface area (Å²) < 4.78 is 17.4. The van der Waals surface area contributed by atoms with Gasteiger partial charge in [0.1, 0.15) is 6.61 Å². The van der Waals surface area contributed by atoms with Crippen molar-refractivity contribution in [3.63, 3.8) is 0 Å². The molecule has 0 aromatic heterocycles. The second-order valence-corrected chi connectivity index (χ2v) is 18.0. The molecule has 0 amide bonds. The van der Waals surface area contributed by atoms with Crippen molar-refractivity contribution < 1.29 is 23.8 Å². The molecule has 0 fully saturated rings. The Labute approximate surface area is 454 Å². The van der Waals surface area contributed by atoms with E-state index in [0.29, 0.717) is 19.4 Å². The Morgan fingerprint density at radius 3 is 0.946 bits per heavy atom. The highest BCUT2D eigenvalue weighted by Gasteiger charge is 2.17. The van der Waals surface area contributed by atoms with Crippen LogP contribution in [0.1, 0.15) is 201 Å². The van der Waals surface area contributed by atoms with E-state index in [1.165, 1.54) is 0 Å². The molecular formula is C69H104O5. The number of carbonyl (C=O) groups excluding carboxylic acids is 2. The van der Waals surface area contributed by atoms with Gasteiger partial charge in [0.2, 0.25) is 0 Å². The molecule has 0 spiro atoms. The molecule has 5 heteroatoms. The molecule has 0 rings (SSSR count). The van der Waals surface area contributed by atoms with E-state index >= 15 is 0 Å². The van der Waals surface area contributed by atoms with E-state index < -0.39 is 6.10 Å². The average molecular weight is 1010 g/mol. The van der Waals surface area contributed by atoms with E-state index in [0.717, 1.165) is 161 Å². The van der Waals surface area contributed by atoms with Crippen molar-refractivity contribution in [3.8, 4) is 0 Å². The summed E-state index contributed by atoms with van der Waals surface area (Å²) in [5, 5.41) is 0. The van der Waals surface area contributed by atoms with Gasteiger partial charge in [-0.15, -0.1) is 0 Å². The van der Waals surface area contributed by atoms with Crippen molar-refractivity contribution in [2.45, 2.75) is 207 Å². The van der Waals surface area contributed by atoms with E-state index in [1.54, 1.807) is 0 Å². The lowest BCUT2D eigenvalue weighted by molar-refractivity contribution is -0.162.